The Hall–Kier alpha value is -12.4. The highest BCUT2D eigenvalue weighted by atomic mass is 19.4. The molecule has 5 amide bonds. The molecule has 0 saturated carbocycles. The predicted molar refractivity (Wildman–Crippen MR) is 394 cm³/mol. The molecular weight excluding hydrogens is 1450 g/mol. The van der Waals surface area contributed by atoms with Gasteiger partial charge in [-0.05, 0) is 155 Å². The van der Waals surface area contributed by atoms with E-state index in [1.54, 1.807) is 96.3 Å². The van der Waals surface area contributed by atoms with Gasteiger partial charge >= 0.3 is 24.7 Å². The number of rotatable bonds is 17. The van der Waals surface area contributed by atoms with Crippen LogP contribution in [-0.2, 0) is 37.4 Å². The minimum Gasteiger partial charge on any atom is -0.369 e. The van der Waals surface area contributed by atoms with Gasteiger partial charge in [0.25, 0.3) is 23.0 Å². The van der Waals surface area contributed by atoms with Gasteiger partial charge in [0.15, 0.2) is 0 Å². The lowest BCUT2D eigenvalue weighted by molar-refractivity contribution is -0.376. The third-order valence-corrected chi connectivity index (χ3v) is 18.3. The lowest BCUT2D eigenvalue weighted by Gasteiger charge is -2.32. The van der Waals surface area contributed by atoms with Crippen LogP contribution >= 0.6 is 0 Å². The minimum absolute atomic E-state index is 0.136. The predicted octanol–water partition coefficient (Wildman–Crippen LogP) is 16.8. The summed E-state index contributed by atoms with van der Waals surface area (Å²) in [6.45, 7) is 6.20. The number of amides is 5. The number of alkyl halides is 12. The summed E-state index contributed by atoms with van der Waals surface area (Å²) in [5.74, 6) is -1.18. The zero-order valence-electron chi connectivity index (χ0n) is 59.0. The van der Waals surface area contributed by atoms with Crippen molar-refractivity contribution in [2.45, 2.75) is 81.9 Å². The van der Waals surface area contributed by atoms with Gasteiger partial charge in [-0.1, -0.05) is 117 Å². The largest absolute Gasteiger partial charge is 0.430 e. The number of nitrogens with one attached hydrogen (secondary N) is 1. The lowest BCUT2D eigenvalue weighted by Crippen LogP contribution is -2.53. The summed E-state index contributed by atoms with van der Waals surface area (Å²) >= 11 is 0. The van der Waals surface area contributed by atoms with E-state index in [-0.39, 0.29) is 30.8 Å². The summed E-state index contributed by atoms with van der Waals surface area (Å²) in [7, 11) is 3.25. The van der Waals surface area contributed by atoms with E-state index in [4.69, 9.17) is 17.2 Å². The van der Waals surface area contributed by atoms with Crippen LogP contribution in [0.25, 0.3) is 43.6 Å². The van der Waals surface area contributed by atoms with Gasteiger partial charge in [-0.2, -0.15) is 52.7 Å². The number of hydrogen-bond donors (Lipinski definition) is 6. The van der Waals surface area contributed by atoms with Crippen LogP contribution < -0.4 is 22.5 Å². The molecule has 0 spiro atoms. The van der Waals surface area contributed by atoms with Crippen LogP contribution in [0.15, 0.2) is 249 Å². The first-order valence-electron chi connectivity index (χ1n) is 33.7. The molecule has 28 heteroatoms. The smallest absolute Gasteiger partial charge is 0.369 e. The number of fused-ring (bicyclic) bond motifs is 4. The molecule has 0 bridgehead atoms. The fraction of sp³-hybridized carbons (Fsp3) is 0.183. The van der Waals surface area contributed by atoms with Gasteiger partial charge in [0.2, 0.25) is 17.7 Å². The molecular formula is C82H71F12N9O7. The van der Waals surface area contributed by atoms with Crippen molar-refractivity contribution in [1.29, 1.82) is 0 Å². The van der Waals surface area contributed by atoms with E-state index in [9.17, 15) is 86.9 Å². The summed E-state index contributed by atoms with van der Waals surface area (Å²) in [5.41, 5.74) is 14.7. The van der Waals surface area contributed by atoms with Gasteiger partial charge in [-0.25, -0.2) is 0 Å². The van der Waals surface area contributed by atoms with Crippen molar-refractivity contribution in [2.24, 2.45) is 17.2 Å². The van der Waals surface area contributed by atoms with Gasteiger partial charge < -0.3 is 55.9 Å². The van der Waals surface area contributed by atoms with Crippen LogP contribution in [0.1, 0.15) is 110 Å². The van der Waals surface area contributed by atoms with E-state index in [2.05, 4.69) is 52.6 Å². The van der Waals surface area contributed by atoms with Crippen LogP contribution in [0.4, 0.5) is 58.4 Å². The van der Waals surface area contributed by atoms with Crippen LogP contribution in [0.3, 0.4) is 0 Å². The van der Waals surface area contributed by atoms with E-state index in [1.165, 1.54) is 22.1 Å². The van der Waals surface area contributed by atoms with Crippen molar-refractivity contribution < 1.29 is 86.9 Å². The van der Waals surface area contributed by atoms with Crippen molar-refractivity contribution in [1.82, 2.24) is 23.2 Å². The molecule has 4 heterocycles. The molecule has 0 fully saturated rings. The second-order valence-corrected chi connectivity index (χ2v) is 26.4. The highest BCUT2D eigenvalue weighted by Crippen LogP contribution is 2.51. The monoisotopic (exact) mass is 1520 g/mol. The van der Waals surface area contributed by atoms with Crippen LogP contribution in [-0.4, -0.2) is 102 Å². The Morgan fingerprint density at radius 3 is 0.927 bits per heavy atom. The number of hydrogen-bond acceptors (Lipinski definition) is 7. The van der Waals surface area contributed by atoms with Crippen LogP contribution in [0.5, 0.6) is 0 Å². The molecule has 0 unspecified atom stereocenters. The topological polar surface area (TPSA) is 239 Å². The molecule has 9 aromatic carbocycles. The maximum atomic E-state index is 13.0. The molecule has 0 aliphatic heterocycles. The highest BCUT2D eigenvalue weighted by molar-refractivity contribution is 6.04. The van der Waals surface area contributed by atoms with Crippen molar-refractivity contribution in [2.75, 3.05) is 19.4 Å². The molecule has 4 aromatic heterocycles. The third kappa shape index (κ3) is 17.7. The van der Waals surface area contributed by atoms with E-state index in [0.29, 0.717) is 86.6 Å². The molecule has 570 valence electrons. The number of benzene rings is 9. The molecule has 0 saturated heterocycles. The first kappa shape index (κ1) is 80.1. The van der Waals surface area contributed by atoms with Gasteiger partial charge in [-0.15, -0.1) is 0 Å². The average molecular weight is 1520 g/mol. The number of anilines is 1. The summed E-state index contributed by atoms with van der Waals surface area (Å²) < 4.78 is 163. The molecule has 13 rings (SSSR count). The fourth-order valence-corrected chi connectivity index (χ4v) is 12.2. The third-order valence-electron chi connectivity index (χ3n) is 18.3. The van der Waals surface area contributed by atoms with E-state index in [0.717, 1.165) is 74.8 Å². The van der Waals surface area contributed by atoms with Gasteiger partial charge in [-0.3, -0.25) is 24.0 Å². The second kappa shape index (κ2) is 32.2. The maximum absolute atomic E-state index is 13.0. The summed E-state index contributed by atoms with van der Waals surface area (Å²) in [4.78, 5) is 59.7. The number of halogens is 12. The van der Waals surface area contributed by atoms with Crippen molar-refractivity contribution >= 4 is 78.8 Å². The molecule has 9 N–H and O–H groups in total. The summed E-state index contributed by atoms with van der Waals surface area (Å²) in [6.07, 6.45) is -16.3. The summed E-state index contributed by atoms with van der Waals surface area (Å²) in [6, 6.07) is 60.7. The molecule has 0 radical (unpaired) electrons. The number of carbonyl (C=O) groups is 5. The first-order chi connectivity index (χ1) is 51.7. The van der Waals surface area contributed by atoms with Crippen LogP contribution in [0.2, 0.25) is 0 Å². The normalized spacial score (nSPS) is 12.1. The number of primary amides is 3. The zero-order chi connectivity index (χ0) is 80.0. The first-order valence-corrected chi connectivity index (χ1v) is 33.7. The van der Waals surface area contributed by atoms with Crippen molar-refractivity contribution in [3.05, 3.63) is 316 Å². The molecule has 110 heavy (non-hydrogen) atoms. The molecule has 13 aromatic rings. The number of nitrogens with two attached hydrogens (primary N) is 3. The quantitative estimate of drug-likeness (QED) is 0.0482. The zero-order valence-corrected chi connectivity index (χ0v) is 59.0. The standard InChI is InChI=1S/C23H19N3O2.C21H18F6N2O2.C19H14F6N2O2.C19H20N2O/c24-22(27)19-10-11-21-18(14-19)12-13-26(21)15-16-6-8-17(9-7-16)23(28)25-20-4-2-1-3-5-20;1-28(2)18(30)15-5-8-17-14(11-15)9-10-29(17)12-13-3-6-16(7-4-13)19(31,20(22,23)24)21(25,26)27;20-18(21,22)17(29,19(23,24)25)14-4-1-11(2-5-14)10-27-8-7-12-9-13(16(26)28)3-6-15(12)27;1-13(2)15-5-3-14(4-6-15)12-21-10-9-16-11-17(19(20)22)7-8-18(16)21/h1-14H,15H2,(H2,24,27)(H,25,28);3-11,31H,12H2,1-2H3;1-9,29H,10H2,(H2,26,28);3-11,13H,12H2,1-2H3,(H2,20,22). The van der Waals surface area contributed by atoms with Crippen molar-refractivity contribution in [3.63, 3.8) is 0 Å². The fourth-order valence-electron chi connectivity index (χ4n) is 12.2. The Labute approximate surface area is 620 Å². The Bertz CT molecular complexity index is 5440. The van der Waals surface area contributed by atoms with E-state index >= 15 is 0 Å². The van der Waals surface area contributed by atoms with E-state index in [1.807, 2.05) is 97.3 Å². The average Bonchev–Trinajstić information content (AvgIpc) is 1.73. The number of para-hydroxylation sites is 1. The van der Waals surface area contributed by atoms with E-state index < -0.39 is 58.8 Å². The number of nitrogens with zero attached hydrogens (tertiary/aromatic N) is 5. The number of aromatic nitrogens is 4. The maximum Gasteiger partial charge on any atom is 0.430 e. The van der Waals surface area contributed by atoms with Crippen LogP contribution in [0, 0.1) is 0 Å². The molecule has 16 nitrogen and oxygen atoms in total. The number of carbonyl (C=O) groups excluding carboxylic acids is 5. The van der Waals surface area contributed by atoms with Gasteiger partial charge in [0.1, 0.15) is 0 Å². The Morgan fingerprint density at radius 2 is 0.645 bits per heavy atom. The Morgan fingerprint density at radius 1 is 0.373 bits per heavy atom. The molecule has 0 aliphatic rings. The van der Waals surface area contributed by atoms with Gasteiger partial charge in [0.05, 0.1) is 0 Å². The van der Waals surface area contributed by atoms with Crippen molar-refractivity contribution in [3.8, 4) is 0 Å². The SMILES string of the molecule is CC(C)c1ccc(Cn2ccc3cc(C(N)=O)ccc32)cc1.CN(C)C(=O)c1ccc2c(ccn2Cc2ccc(C(O)(C(F)(F)F)C(F)(F)F)cc2)c1.NC(=O)c1ccc2c(ccn2Cc2ccc(C(=O)Nc3ccccc3)cc2)c1.NC(=O)c1ccc2c(ccn2Cc2ccc(C(O)(C(F)(F)F)C(F)(F)F)cc2)c1. The summed E-state index contributed by atoms with van der Waals surface area (Å²) in [5, 5.41) is 25.2. The lowest BCUT2D eigenvalue weighted by atomic mass is 9.91. The highest BCUT2D eigenvalue weighted by Gasteiger charge is 2.72. The second-order valence-electron chi connectivity index (χ2n) is 26.4. The minimum atomic E-state index is -5.93. The van der Waals surface area contributed by atoms with Gasteiger partial charge in [0, 0.05) is 153 Å². The number of aliphatic hydroxyl groups is 2. The molecule has 0 aliphatic carbocycles. The Balaban J connectivity index is 0.000000157. The molecule has 0 atom stereocenters. The Kier molecular flexibility index (Phi) is 23.4.